The van der Waals surface area contributed by atoms with Crippen molar-refractivity contribution < 1.29 is 24.0 Å². The number of hydroxylamine groups is 1. The van der Waals surface area contributed by atoms with Crippen LogP contribution in [0.3, 0.4) is 0 Å². The first-order valence-electron chi connectivity index (χ1n) is 9.51. The molecule has 8 nitrogen and oxygen atoms in total. The molecule has 0 unspecified atom stereocenters. The number of amides is 1. The quantitative estimate of drug-likeness (QED) is 0.430. The fourth-order valence-electron chi connectivity index (χ4n) is 2.70. The van der Waals surface area contributed by atoms with Gasteiger partial charge in [0.1, 0.15) is 17.3 Å². The minimum absolute atomic E-state index is 0.0790. The lowest BCUT2D eigenvalue weighted by Gasteiger charge is -2.19. The fraction of sp³-hybridized carbons (Fsp3) is 0.476. The molecule has 8 heteroatoms. The number of carboxylic acid groups (broad SMARTS) is 1. The summed E-state index contributed by atoms with van der Waals surface area (Å²) in [5, 5.41) is 9.78. The first-order valence-corrected chi connectivity index (χ1v) is 9.51. The second-order valence-electron chi connectivity index (χ2n) is 8.21. The van der Waals surface area contributed by atoms with Gasteiger partial charge in [-0.05, 0) is 42.5 Å². The molecular weight excluding hydrogens is 376 g/mol. The van der Waals surface area contributed by atoms with Crippen molar-refractivity contribution in [2.24, 2.45) is 17.1 Å². The Bertz CT molecular complexity index is 929. The molecule has 2 aromatic rings. The molecule has 158 valence electrons. The molecule has 0 aliphatic rings. The summed E-state index contributed by atoms with van der Waals surface area (Å²) in [5.74, 6) is -2.81. The summed E-state index contributed by atoms with van der Waals surface area (Å²) in [5.41, 5.74) is 8.25. The van der Waals surface area contributed by atoms with E-state index in [-0.39, 0.29) is 23.9 Å². The topological polar surface area (TPSA) is 132 Å². The van der Waals surface area contributed by atoms with Crippen molar-refractivity contribution in [3.63, 3.8) is 0 Å². The van der Waals surface area contributed by atoms with E-state index in [1.54, 1.807) is 18.2 Å². The Morgan fingerprint density at radius 1 is 1.28 bits per heavy atom. The van der Waals surface area contributed by atoms with E-state index >= 15 is 0 Å². The molecule has 0 bridgehead atoms. The second kappa shape index (κ2) is 9.67. The predicted octanol–water partition coefficient (Wildman–Crippen LogP) is 2.02. The van der Waals surface area contributed by atoms with Gasteiger partial charge in [-0.1, -0.05) is 26.8 Å². The maximum absolute atomic E-state index is 12.4. The van der Waals surface area contributed by atoms with Gasteiger partial charge in [-0.3, -0.25) is 19.2 Å². The average molecular weight is 404 g/mol. The number of carboxylic acids is 1. The molecule has 1 atom stereocenters. The number of nitrogens with two attached hydrogens (primary N) is 1. The number of nitrogens with one attached hydrogen (secondary N) is 1. The first-order chi connectivity index (χ1) is 13.6. The van der Waals surface area contributed by atoms with E-state index in [0.717, 1.165) is 0 Å². The van der Waals surface area contributed by atoms with Crippen LogP contribution in [0.2, 0.25) is 0 Å². The molecule has 1 heterocycles. The van der Waals surface area contributed by atoms with E-state index in [1.807, 2.05) is 20.8 Å². The number of carbonyl (C=O) groups is 2. The Hall–Kier alpha value is -2.71. The molecule has 0 aliphatic heterocycles. The Morgan fingerprint density at radius 2 is 2.00 bits per heavy atom. The standard InChI is InChI=1S/C21H28N2O6/c1-21(2,3)12-28-23-19(25)16(20(26)27)10-13-6-7-18-15(9-13)17(24)11-14(29-18)5-4-8-22/h6-7,9,11,16H,4-5,8,10,12,22H2,1-3H3,(H,23,25)(H,26,27)/t16-/m0/s1. The number of aliphatic carboxylic acids is 1. The molecular formula is C21H28N2O6. The third kappa shape index (κ3) is 6.69. The summed E-state index contributed by atoms with van der Waals surface area (Å²) in [6.07, 6.45) is 1.20. The molecule has 29 heavy (non-hydrogen) atoms. The zero-order valence-corrected chi connectivity index (χ0v) is 17.0. The van der Waals surface area contributed by atoms with Crippen LogP contribution < -0.4 is 16.6 Å². The van der Waals surface area contributed by atoms with E-state index in [4.69, 9.17) is 15.0 Å². The summed E-state index contributed by atoms with van der Waals surface area (Å²) >= 11 is 0. The van der Waals surface area contributed by atoms with Crippen molar-refractivity contribution in [1.82, 2.24) is 5.48 Å². The minimum atomic E-state index is -1.34. The van der Waals surface area contributed by atoms with Crippen LogP contribution in [0.25, 0.3) is 11.0 Å². The molecule has 0 saturated heterocycles. The third-order valence-electron chi connectivity index (χ3n) is 4.20. The summed E-state index contributed by atoms with van der Waals surface area (Å²) in [7, 11) is 0. The van der Waals surface area contributed by atoms with Crippen molar-refractivity contribution in [1.29, 1.82) is 0 Å². The zero-order valence-electron chi connectivity index (χ0n) is 17.0. The van der Waals surface area contributed by atoms with Crippen LogP contribution in [0, 0.1) is 11.3 Å². The van der Waals surface area contributed by atoms with E-state index in [2.05, 4.69) is 5.48 Å². The normalized spacial score (nSPS) is 12.7. The van der Waals surface area contributed by atoms with Crippen LogP contribution >= 0.6 is 0 Å². The molecule has 1 aromatic carbocycles. The average Bonchev–Trinajstić information content (AvgIpc) is 2.63. The Labute approximate surface area is 169 Å². The second-order valence-corrected chi connectivity index (χ2v) is 8.21. The number of fused-ring (bicyclic) bond motifs is 1. The lowest BCUT2D eigenvalue weighted by atomic mass is 9.97. The predicted molar refractivity (Wildman–Crippen MR) is 108 cm³/mol. The van der Waals surface area contributed by atoms with Crippen molar-refractivity contribution in [2.45, 2.75) is 40.0 Å². The minimum Gasteiger partial charge on any atom is -0.481 e. The third-order valence-corrected chi connectivity index (χ3v) is 4.20. The largest absolute Gasteiger partial charge is 0.481 e. The molecule has 2 rings (SSSR count). The van der Waals surface area contributed by atoms with E-state index in [1.165, 1.54) is 6.07 Å². The van der Waals surface area contributed by atoms with Crippen molar-refractivity contribution in [2.75, 3.05) is 13.2 Å². The van der Waals surface area contributed by atoms with Gasteiger partial charge >= 0.3 is 5.97 Å². The summed E-state index contributed by atoms with van der Waals surface area (Å²) in [6, 6.07) is 6.25. The van der Waals surface area contributed by atoms with Gasteiger partial charge in [-0.2, -0.15) is 0 Å². The monoisotopic (exact) mass is 404 g/mol. The molecule has 0 saturated carbocycles. The highest BCUT2D eigenvalue weighted by atomic mass is 16.7. The fourth-order valence-corrected chi connectivity index (χ4v) is 2.70. The molecule has 0 fully saturated rings. The van der Waals surface area contributed by atoms with Gasteiger partial charge in [-0.15, -0.1) is 0 Å². The van der Waals surface area contributed by atoms with Crippen LogP contribution in [-0.2, 0) is 27.3 Å². The Kier molecular flexibility index (Phi) is 7.53. The van der Waals surface area contributed by atoms with Crippen molar-refractivity contribution in [3.05, 3.63) is 45.8 Å². The zero-order chi connectivity index (χ0) is 21.6. The van der Waals surface area contributed by atoms with E-state index in [0.29, 0.717) is 41.7 Å². The number of aryl methyl sites for hydroxylation is 1. The molecule has 0 radical (unpaired) electrons. The van der Waals surface area contributed by atoms with Gasteiger partial charge in [0.15, 0.2) is 5.43 Å². The maximum atomic E-state index is 12.4. The highest BCUT2D eigenvalue weighted by Crippen LogP contribution is 2.18. The molecule has 0 aliphatic carbocycles. The highest BCUT2D eigenvalue weighted by Gasteiger charge is 2.27. The Morgan fingerprint density at radius 3 is 2.62 bits per heavy atom. The molecule has 4 N–H and O–H groups in total. The number of hydrogen-bond donors (Lipinski definition) is 3. The van der Waals surface area contributed by atoms with Gasteiger partial charge in [0, 0.05) is 12.5 Å². The lowest BCUT2D eigenvalue weighted by Crippen LogP contribution is -2.38. The van der Waals surface area contributed by atoms with Crippen LogP contribution in [-0.4, -0.2) is 30.1 Å². The maximum Gasteiger partial charge on any atom is 0.316 e. The lowest BCUT2D eigenvalue weighted by molar-refractivity contribution is -0.153. The number of carbonyl (C=O) groups excluding carboxylic acids is 1. The number of hydrogen-bond acceptors (Lipinski definition) is 6. The van der Waals surface area contributed by atoms with Crippen molar-refractivity contribution in [3.8, 4) is 0 Å². The molecule has 1 aromatic heterocycles. The van der Waals surface area contributed by atoms with Crippen LogP contribution in [0.5, 0.6) is 0 Å². The van der Waals surface area contributed by atoms with Crippen LogP contribution in [0.15, 0.2) is 33.5 Å². The van der Waals surface area contributed by atoms with Gasteiger partial charge in [0.05, 0.1) is 12.0 Å². The van der Waals surface area contributed by atoms with Crippen molar-refractivity contribution >= 4 is 22.8 Å². The van der Waals surface area contributed by atoms with Gasteiger partial charge < -0.3 is 15.3 Å². The summed E-state index contributed by atoms with van der Waals surface area (Å²) < 4.78 is 5.71. The SMILES string of the molecule is CC(C)(C)CONC(=O)[C@H](Cc1ccc2oc(CCCN)cc(=O)c2c1)C(=O)O. The van der Waals surface area contributed by atoms with Gasteiger partial charge in [0.2, 0.25) is 0 Å². The summed E-state index contributed by atoms with van der Waals surface area (Å²) in [4.78, 5) is 41.3. The van der Waals surface area contributed by atoms with E-state index in [9.17, 15) is 19.5 Å². The first kappa shape index (κ1) is 22.6. The highest BCUT2D eigenvalue weighted by molar-refractivity contribution is 5.96. The summed E-state index contributed by atoms with van der Waals surface area (Å²) in [6.45, 7) is 6.52. The number of rotatable bonds is 9. The van der Waals surface area contributed by atoms with Crippen LogP contribution in [0.1, 0.15) is 38.5 Å². The van der Waals surface area contributed by atoms with Gasteiger partial charge in [0.25, 0.3) is 5.91 Å². The Balaban J connectivity index is 2.17. The molecule has 1 amide bonds. The van der Waals surface area contributed by atoms with Crippen LogP contribution in [0.4, 0.5) is 0 Å². The smallest absolute Gasteiger partial charge is 0.316 e. The van der Waals surface area contributed by atoms with Gasteiger partial charge in [-0.25, -0.2) is 5.48 Å². The van der Waals surface area contributed by atoms with E-state index < -0.39 is 17.8 Å². The number of benzene rings is 1. The molecule has 0 spiro atoms.